The third-order valence-electron chi connectivity index (χ3n) is 4.64. The second kappa shape index (κ2) is 5.62. The van der Waals surface area contributed by atoms with Gasteiger partial charge < -0.3 is 9.80 Å². The number of nitrogens with zero attached hydrogens (tertiary/aromatic N) is 4. The smallest absolute Gasteiger partial charge is 0.244 e. The van der Waals surface area contributed by atoms with Crippen LogP contribution in [-0.2, 0) is 17.9 Å². The number of carbonyl (C=O) groups excluding carboxylic acids is 1. The number of aromatic nitrogens is 2. The Morgan fingerprint density at radius 3 is 3.09 bits per heavy atom. The van der Waals surface area contributed by atoms with E-state index in [1.165, 1.54) is 17.6 Å². The average Bonchev–Trinajstić information content (AvgIpc) is 2.94. The Bertz CT molecular complexity index is 747. The molecule has 1 aromatic carbocycles. The first-order valence-electron chi connectivity index (χ1n) is 7.84. The van der Waals surface area contributed by atoms with Crippen molar-refractivity contribution in [3.63, 3.8) is 0 Å². The normalized spacial score (nSPS) is 20.0. The molecule has 0 radical (unpaired) electrons. The molecule has 1 N–H and O–H groups in total. The van der Waals surface area contributed by atoms with E-state index in [4.69, 9.17) is 0 Å². The van der Waals surface area contributed by atoms with E-state index in [0.717, 1.165) is 17.8 Å². The lowest BCUT2D eigenvalue weighted by molar-refractivity contribution is -0.133. The van der Waals surface area contributed by atoms with Gasteiger partial charge in [-0.05, 0) is 11.6 Å². The number of rotatable bonds is 1. The summed E-state index contributed by atoms with van der Waals surface area (Å²) >= 11 is 0. The Labute approximate surface area is 135 Å². The third kappa shape index (κ3) is 2.45. The summed E-state index contributed by atoms with van der Waals surface area (Å²) in [6.45, 7) is 2.80. The molecule has 1 unspecified atom stereocenters. The number of hydrogen-bond donors (Lipinski definition) is 1. The molecule has 1 amide bonds. The molecule has 2 aromatic rings. The van der Waals surface area contributed by atoms with Crippen LogP contribution in [0.5, 0.6) is 0 Å². The SMILES string of the molecule is CN1CCN(C(=O)C2NCc3ncncc32)Cc2ccccc21. The van der Waals surface area contributed by atoms with Gasteiger partial charge in [-0.15, -0.1) is 0 Å². The van der Waals surface area contributed by atoms with Crippen LogP contribution in [0.25, 0.3) is 0 Å². The maximum atomic E-state index is 13.0. The van der Waals surface area contributed by atoms with Crippen molar-refractivity contribution in [1.82, 2.24) is 20.2 Å². The topological polar surface area (TPSA) is 61.4 Å². The summed E-state index contributed by atoms with van der Waals surface area (Å²) in [6, 6.07) is 7.94. The van der Waals surface area contributed by atoms with Gasteiger partial charge in [-0.3, -0.25) is 10.1 Å². The number of nitrogens with one attached hydrogen (secondary N) is 1. The summed E-state index contributed by atoms with van der Waals surface area (Å²) in [6.07, 6.45) is 3.29. The Balaban J connectivity index is 1.61. The Morgan fingerprint density at radius 2 is 2.17 bits per heavy atom. The van der Waals surface area contributed by atoms with Gasteiger partial charge in [-0.2, -0.15) is 0 Å². The number of benzene rings is 1. The van der Waals surface area contributed by atoms with Crippen LogP contribution in [-0.4, -0.2) is 40.9 Å². The summed E-state index contributed by atoms with van der Waals surface area (Å²) in [7, 11) is 2.07. The maximum absolute atomic E-state index is 13.0. The van der Waals surface area contributed by atoms with E-state index in [1.54, 1.807) is 6.20 Å². The van der Waals surface area contributed by atoms with Crippen molar-refractivity contribution >= 4 is 11.6 Å². The average molecular weight is 309 g/mol. The van der Waals surface area contributed by atoms with E-state index in [1.807, 2.05) is 17.0 Å². The Hall–Kier alpha value is -2.47. The van der Waals surface area contributed by atoms with Gasteiger partial charge in [-0.25, -0.2) is 9.97 Å². The van der Waals surface area contributed by atoms with Crippen molar-refractivity contribution in [2.45, 2.75) is 19.1 Å². The fourth-order valence-corrected chi connectivity index (χ4v) is 3.35. The van der Waals surface area contributed by atoms with E-state index in [-0.39, 0.29) is 11.9 Å². The summed E-state index contributed by atoms with van der Waals surface area (Å²) < 4.78 is 0. The molecule has 0 aliphatic carbocycles. The van der Waals surface area contributed by atoms with Crippen LogP contribution in [0.3, 0.4) is 0 Å². The Morgan fingerprint density at radius 1 is 1.30 bits per heavy atom. The first kappa shape index (κ1) is 14.1. The Kier molecular flexibility index (Phi) is 3.46. The van der Waals surface area contributed by atoms with Gasteiger partial charge >= 0.3 is 0 Å². The molecule has 3 heterocycles. The summed E-state index contributed by atoms with van der Waals surface area (Å²) in [4.78, 5) is 25.5. The molecule has 6 heteroatoms. The van der Waals surface area contributed by atoms with Gasteiger partial charge in [0.15, 0.2) is 0 Å². The molecule has 118 valence electrons. The largest absolute Gasteiger partial charge is 0.373 e. The zero-order valence-corrected chi connectivity index (χ0v) is 13.1. The molecule has 2 aliphatic heterocycles. The lowest BCUT2D eigenvalue weighted by Gasteiger charge is -2.24. The molecule has 0 saturated carbocycles. The first-order chi connectivity index (χ1) is 11.2. The van der Waals surface area contributed by atoms with Crippen LogP contribution >= 0.6 is 0 Å². The van der Waals surface area contributed by atoms with Crippen molar-refractivity contribution < 1.29 is 4.79 Å². The van der Waals surface area contributed by atoms with Gasteiger partial charge in [0.25, 0.3) is 0 Å². The van der Waals surface area contributed by atoms with Gasteiger partial charge in [0.1, 0.15) is 12.4 Å². The fraction of sp³-hybridized carbons (Fsp3) is 0.353. The van der Waals surface area contributed by atoms with Crippen molar-refractivity contribution in [3.8, 4) is 0 Å². The minimum atomic E-state index is -0.332. The molecule has 6 nitrogen and oxygen atoms in total. The molecule has 0 saturated heterocycles. The van der Waals surface area contributed by atoms with Crippen LogP contribution < -0.4 is 10.2 Å². The molecule has 0 bridgehead atoms. The highest BCUT2D eigenvalue weighted by Crippen LogP contribution is 2.28. The fourth-order valence-electron chi connectivity index (χ4n) is 3.35. The monoisotopic (exact) mass is 309 g/mol. The second-order valence-electron chi connectivity index (χ2n) is 6.05. The number of amides is 1. The predicted molar refractivity (Wildman–Crippen MR) is 86.7 cm³/mol. The first-order valence-corrected chi connectivity index (χ1v) is 7.84. The van der Waals surface area contributed by atoms with E-state index in [0.29, 0.717) is 19.6 Å². The van der Waals surface area contributed by atoms with Gasteiger partial charge in [0.2, 0.25) is 5.91 Å². The van der Waals surface area contributed by atoms with Crippen LogP contribution in [0.15, 0.2) is 36.8 Å². The van der Waals surface area contributed by atoms with Crippen LogP contribution in [0.2, 0.25) is 0 Å². The van der Waals surface area contributed by atoms with Crippen molar-refractivity contribution in [1.29, 1.82) is 0 Å². The molecule has 2 aliphatic rings. The minimum absolute atomic E-state index is 0.101. The number of carbonyl (C=O) groups is 1. The van der Waals surface area contributed by atoms with E-state index in [9.17, 15) is 4.79 Å². The van der Waals surface area contributed by atoms with Gasteiger partial charge in [0, 0.05) is 50.7 Å². The molecule has 0 spiro atoms. The highest BCUT2D eigenvalue weighted by molar-refractivity contribution is 5.84. The number of likely N-dealkylation sites (N-methyl/N-ethyl adjacent to an activating group) is 1. The van der Waals surface area contributed by atoms with E-state index >= 15 is 0 Å². The molecule has 23 heavy (non-hydrogen) atoms. The quantitative estimate of drug-likeness (QED) is 0.855. The van der Waals surface area contributed by atoms with Gasteiger partial charge in [0.05, 0.1) is 5.69 Å². The van der Waals surface area contributed by atoms with Crippen molar-refractivity contribution in [2.75, 3.05) is 25.0 Å². The van der Waals surface area contributed by atoms with Crippen LogP contribution in [0.1, 0.15) is 22.9 Å². The zero-order chi connectivity index (χ0) is 15.8. The highest BCUT2D eigenvalue weighted by atomic mass is 16.2. The predicted octanol–water partition coefficient (Wildman–Crippen LogP) is 1.10. The second-order valence-corrected chi connectivity index (χ2v) is 6.05. The summed E-state index contributed by atoms with van der Waals surface area (Å²) in [5, 5.41) is 3.27. The number of anilines is 1. The number of para-hydroxylation sites is 1. The maximum Gasteiger partial charge on any atom is 0.244 e. The molecule has 0 fully saturated rings. The lowest BCUT2D eigenvalue weighted by atomic mass is 10.1. The van der Waals surface area contributed by atoms with Crippen LogP contribution in [0.4, 0.5) is 5.69 Å². The van der Waals surface area contributed by atoms with Crippen molar-refractivity contribution in [2.24, 2.45) is 0 Å². The minimum Gasteiger partial charge on any atom is -0.373 e. The van der Waals surface area contributed by atoms with E-state index in [2.05, 4.69) is 39.4 Å². The number of fused-ring (bicyclic) bond motifs is 2. The van der Waals surface area contributed by atoms with Crippen molar-refractivity contribution in [3.05, 3.63) is 53.6 Å². The van der Waals surface area contributed by atoms with Crippen LogP contribution in [0, 0.1) is 0 Å². The summed E-state index contributed by atoms with van der Waals surface area (Å²) in [5.41, 5.74) is 4.21. The highest BCUT2D eigenvalue weighted by Gasteiger charge is 2.33. The molecule has 4 rings (SSSR count). The molecule has 1 aromatic heterocycles. The number of hydrogen-bond acceptors (Lipinski definition) is 5. The molecular weight excluding hydrogens is 290 g/mol. The standard InChI is InChI=1S/C17H19N5O/c1-21-6-7-22(10-12-4-2-3-5-15(12)21)17(23)16-13-8-18-11-20-14(13)9-19-16/h2-5,8,11,16,19H,6-7,9-10H2,1H3. The lowest BCUT2D eigenvalue weighted by Crippen LogP contribution is -2.40. The summed E-state index contributed by atoms with van der Waals surface area (Å²) in [5.74, 6) is 0.101. The third-order valence-corrected chi connectivity index (χ3v) is 4.64. The van der Waals surface area contributed by atoms with Gasteiger partial charge in [-0.1, -0.05) is 18.2 Å². The van der Waals surface area contributed by atoms with E-state index < -0.39 is 0 Å². The molecule has 1 atom stereocenters. The zero-order valence-electron chi connectivity index (χ0n) is 13.1. The molecular formula is C17H19N5O.